The van der Waals surface area contributed by atoms with Gasteiger partial charge in [-0.1, -0.05) is 32.9 Å². The summed E-state index contributed by atoms with van der Waals surface area (Å²) in [4.78, 5) is 15.6. The fourth-order valence-corrected chi connectivity index (χ4v) is 2.90. The summed E-state index contributed by atoms with van der Waals surface area (Å²) in [6, 6.07) is 7.68. The molecule has 1 unspecified atom stereocenters. The van der Waals surface area contributed by atoms with Crippen LogP contribution in [0.1, 0.15) is 26.3 Å². The molecular weight excluding hydrogens is 264 g/mol. The minimum absolute atomic E-state index is 0.0954. The van der Waals surface area contributed by atoms with Gasteiger partial charge in [0.15, 0.2) is 0 Å². The van der Waals surface area contributed by atoms with Crippen molar-refractivity contribution in [3.05, 3.63) is 29.8 Å². The van der Waals surface area contributed by atoms with Crippen LogP contribution in [0.4, 0.5) is 0 Å². The summed E-state index contributed by atoms with van der Waals surface area (Å²) < 4.78 is 0. The summed E-state index contributed by atoms with van der Waals surface area (Å²) in [5, 5.41) is 9.31. The Morgan fingerprint density at radius 2 is 1.90 bits per heavy atom. The van der Waals surface area contributed by atoms with E-state index >= 15 is 0 Å². The fourth-order valence-electron chi connectivity index (χ4n) is 2.90. The Morgan fingerprint density at radius 1 is 1.24 bits per heavy atom. The molecule has 1 N–H and O–H groups in total. The Kier molecular flexibility index (Phi) is 4.88. The first-order valence-corrected chi connectivity index (χ1v) is 7.61. The molecule has 0 spiro atoms. The number of phenols is 1. The van der Waals surface area contributed by atoms with Gasteiger partial charge in [0.25, 0.3) is 0 Å². The summed E-state index contributed by atoms with van der Waals surface area (Å²) in [5.74, 6) is 0.311. The van der Waals surface area contributed by atoms with E-state index in [9.17, 15) is 9.90 Å². The van der Waals surface area contributed by atoms with Gasteiger partial charge in [-0.05, 0) is 29.5 Å². The van der Waals surface area contributed by atoms with E-state index in [1.54, 1.807) is 12.1 Å². The molecule has 1 amide bonds. The summed E-state index contributed by atoms with van der Waals surface area (Å²) >= 11 is 0. The Bertz CT molecular complexity index is 465. The number of piperazine rings is 1. The molecule has 21 heavy (non-hydrogen) atoms. The lowest BCUT2D eigenvalue weighted by Gasteiger charge is -2.45. The summed E-state index contributed by atoms with van der Waals surface area (Å²) in [6.45, 7) is 10.2. The second-order valence-corrected chi connectivity index (χ2v) is 6.94. The van der Waals surface area contributed by atoms with Crippen LogP contribution >= 0.6 is 0 Å². The van der Waals surface area contributed by atoms with Crippen LogP contribution in [0.5, 0.6) is 5.75 Å². The number of nitrogens with zero attached hydrogens (tertiary/aromatic N) is 2. The van der Waals surface area contributed by atoms with Gasteiger partial charge >= 0.3 is 0 Å². The lowest BCUT2D eigenvalue weighted by atomic mass is 9.84. The molecule has 0 radical (unpaired) electrons. The molecule has 0 bridgehead atoms. The highest BCUT2D eigenvalue weighted by molar-refractivity contribution is 5.48. The largest absolute Gasteiger partial charge is 0.508 e. The maximum Gasteiger partial charge on any atom is 0.210 e. The first kappa shape index (κ1) is 15.8. The monoisotopic (exact) mass is 290 g/mol. The molecule has 1 aromatic rings. The van der Waals surface area contributed by atoms with Gasteiger partial charge in [0.2, 0.25) is 6.41 Å². The zero-order valence-electron chi connectivity index (χ0n) is 13.2. The maximum atomic E-state index is 11.2. The van der Waals surface area contributed by atoms with Gasteiger partial charge in [-0.25, -0.2) is 0 Å². The van der Waals surface area contributed by atoms with Crippen LogP contribution in [0.15, 0.2) is 24.3 Å². The number of hydrogen-bond acceptors (Lipinski definition) is 3. The molecular formula is C17H26N2O2. The van der Waals surface area contributed by atoms with Crippen molar-refractivity contribution in [2.45, 2.75) is 33.2 Å². The van der Waals surface area contributed by atoms with E-state index < -0.39 is 0 Å². The van der Waals surface area contributed by atoms with E-state index in [2.05, 4.69) is 25.7 Å². The standard InChI is InChI=1S/C17H26N2O2/c1-17(2,3)16-12-18(10-11-19(16)13-20)9-8-14-4-6-15(21)7-5-14/h4-7,13,16,21H,8-12H2,1-3H3. The van der Waals surface area contributed by atoms with Gasteiger partial charge in [-0.3, -0.25) is 9.69 Å². The molecule has 0 saturated carbocycles. The van der Waals surface area contributed by atoms with Gasteiger partial charge in [0, 0.05) is 32.2 Å². The van der Waals surface area contributed by atoms with E-state index in [-0.39, 0.29) is 11.5 Å². The van der Waals surface area contributed by atoms with E-state index in [4.69, 9.17) is 0 Å². The highest BCUT2D eigenvalue weighted by atomic mass is 16.3. The van der Waals surface area contributed by atoms with Crippen molar-refractivity contribution in [3.63, 3.8) is 0 Å². The van der Waals surface area contributed by atoms with Crippen molar-refractivity contribution < 1.29 is 9.90 Å². The van der Waals surface area contributed by atoms with E-state index in [1.165, 1.54) is 5.56 Å². The van der Waals surface area contributed by atoms with Gasteiger partial charge in [0.1, 0.15) is 5.75 Å². The normalized spacial score (nSPS) is 20.5. The van der Waals surface area contributed by atoms with Crippen molar-refractivity contribution in [1.82, 2.24) is 9.80 Å². The number of carbonyl (C=O) groups excluding carboxylic acids is 1. The molecule has 116 valence electrons. The quantitative estimate of drug-likeness (QED) is 0.864. The predicted octanol–water partition coefficient (Wildman–Crippen LogP) is 2.12. The van der Waals surface area contributed by atoms with Crippen molar-refractivity contribution >= 4 is 6.41 Å². The lowest BCUT2D eigenvalue weighted by Crippen LogP contribution is -2.57. The molecule has 1 aromatic carbocycles. The van der Waals surface area contributed by atoms with Gasteiger partial charge in [0.05, 0.1) is 0 Å². The van der Waals surface area contributed by atoms with Crippen molar-refractivity contribution in [2.75, 3.05) is 26.2 Å². The predicted molar refractivity (Wildman–Crippen MR) is 84.3 cm³/mol. The van der Waals surface area contributed by atoms with Crippen molar-refractivity contribution in [1.29, 1.82) is 0 Å². The van der Waals surface area contributed by atoms with Crippen LogP contribution in [0, 0.1) is 5.41 Å². The van der Waals surface area contributed by atoms with E-state index in [0.717, 1.165) is 39.0 Å². The number of hydrogen-bond donors (Lipinski definition) is 1. The van der Waals surface area contributed by atoms with Crippen molar-refractivity contribution in [3.8, 4) is 5.75 Å². The molecule has 0 aliphatic carbocycles. The fraction of sp³-hybridized carbons (Fsp3) is 0.588. The molecule has 1 heterocycles. The Labute approximate surface area is 127 Å². The Hall–Kier alpha value is -1.55. The van der Waals surface area contributed by atoms with Gasteiger partial charge in [-0.15, -0.1) is 0 Å². The summed E-state index contributed by atoms with van der Waals surface area (Å²) in [6.07, 6.45) is 1.96. The van der Waals surface area contributed by atoms with E-state index in [1.807, 2.05) is 17.0 Å². The van der Waals surface area contributed by atoms with Crippen LogP contribution in [-0.2, 0) is 11.2 Å². The van der Waals surface area contributed by atoms with Gasteiger partial charge < -0.3 is 10.0 Å². The lowest BCUT2D eigenvalue weighted by molar-refractivity contribution is -0.125. The average Bonchev–Trinajstić information content (AvgIpc) is 2.45. The molecule has 4 heteroatoms. The van der Waals surface area contributed by atoms with E-state index in [0.29, 0.717) is 5.75 Å². The minimum Gasteiger partial charge on any atom is -0.508 e. The minimum atomic E-state index is 0.0954. The number of rotatable bonds is 4. The zero-order chi connectivity index (χ0) is 15.5. The molecule has 1 aliphatic rings. The third-order valence-corrected chi connectivity index (χ3v) is 4.29. The first-order valence-electron chi connectivity index (χ1n) is 7.61. The molecule has 1 fully saturated rings. The third-order valence-electron chi connectivity index (χ3n) is 4.29. The number of amides is 1. The van der Waals surface area contributed by atoms with Crippen molar-refractivity contribution in [2.24, 2.45) is 5.41 Å². The Balaban J connectivity index is 1.92. The number of benzene rings is 1. The molecule has 4 nitrogen and oxygen atoms in total. The molecule has 1 saturated heterocycles. The second-order valence-electron chi connectivity index (χ2n) is 6.94. The first-order chi connectivity index (χ1) is 9.90. The highest BCUT2D eigenvalue weighted by Crippen LogP contribution is 2.26. The number of carbonyl (C=O) groups is 1. The molecule has 2 rings (SSSR count). The maximum absolute atomic E-state index is 11.2. The highest BCUT2D eigenvalue weighted by Gasteiger charge is 2.34. The topological polar surface area (TPSA) is 43.8 Å². The second kappa shape index (κ2) is 6.48. The van der Waals surface area contributed by atoms with Crippen LogP contribution in [0.2, 0.25) is 0 Å². The molecule has 1 aliphatic heterocycles. The number of aromatic hydroxyl groups is 1. The summed E-state index contributed by atoms with van der Waals surface area (Å²) in [7, 11) is 0. The van der Waals surface area contributed by atoms with Crippen LogP contribution < -0.4 is 0 Å². The molecule has 1 atom stereocenters. The number of phenolic OH excluding ortho intramolecular Hbond substituents is 1. The van der Waals surface area contributed by atoms with Gasteiger partial charge in [-0.2, -0.15) is 0 Å². The van der Waals surface area contributed by atoms with Crippen LogP contribution in [0.3, 0.4) is 0 Å². The third kappa shape index (κ3) is 4.21. The van der Waals surface area contributed by atoms with Crippen LogP contribution in [-0.4, -0.2) is 53.5 Å². The Morgan fingerprint density at radius 3 is 2.48 bits per heavy atom. The SMILES string of the molecule is CC(C)(C)C1CN(CCc2ccc(O)cc2)CCN1C=O. The van der Waals surface area contributed by atoms with Crippen LogP contribution in [0.25, 0.3) is 0 Å². The zero-order valence-corrected chi connectivity index (χ0v) is 13.2. The molecule has 0 aromatic heterocycles. The average molecular weight is 290 g/mol. The summed E-state index contributed by atoms with van der Waals surface area (Å²) in [5.41, 5.74) is 1.33. The smallest absolute Gasteiger partial charge is 0.210 e.